The lowest BCUT2D eigenvalue weighted by Crippen LogP contribution is -2.28. The number of hydrogen-bond donors (Lipinski definition) is 0. The van der Waals surface area contributed by atoms with Crippen molar-refractivity contribution in [3.05, 3.63) is 198 Å². The van der Waals surface area contributed by atoms with Crippen LogP contribution in [0.25, 0.3) is 56.1 Å². The minimum absolute atomic E-state index is 0.499. The van der Waals surface area contributed by atoms with Gasteiger partial charge in [0.1, 0.15) is 0 Å². The number of benzene rings is 7. The van der Waals surface area contributed by atoms with E-state index in [1.165, 1.54) is 38.8 Å². The lowest BCUT2D eigenvalue weighted by molar-refractivity contribution is 0.768. The average Bonchev–Trinajstić information content (AvgIpc) is 3.46. The third-order valence-electron chi connectivity index (χ3n) is 9.39. The smallest absolute Gasteiger partial charge is 0.164 e. The van der Waals surface area contributed by atoms with E-state index in [2.05, 4.69) is 158 Å². The van der Waals surface area contributed by atoms with Crippen molar-refractivity contribution in [2.75, 3.05) is 0 Å². The first-order valence-electron chi connectivity index (χ1n) is 16.0. The highest BCUT2D eigenvalue weighted by Crippen LogP contribution is 2.56. The molecule has 0 aliphatic heterocycles. The summed E-state index contributed by atoms with van der Waals surface area (Å²) in [5, 5.41) is 2.34. The molecule has 1 aromatic heterocycles. The van der Waals surface area contributed by atoms with Gasteiger partial charge in [-0.2, -0.15) is 0 Å². The SMILES string of the molecule is c1ccc(-c2nc(-c3ccc4c(c3)C(c3ccccc3)(c3ccccc3)c3ccccc3-4)nc(-c3ccc4ccccc4c3)n2)cc1. The summed E-state index contributed by atoms with van der Waals surface area (Å²) in [6, 6.07) is 62.2. The van der Waals surface area contributed by atoms with Crippen molar-refractivity contribution in [2.24, 2.45) is 0 Å². The van der Waals surface area contributed by atoms with Gasteiger partial charge >= 0.3 is 0 Å². The number of nitrogens with zero attached hydrogens (tertiary/aromatic N) is 3. The normalized spacial score (nSPS) is 12.9. The first kappa shape index (κ1) is 27.1. The van der Waals surface area contributed by atoms with Gasteiger partial charge in [-0.3, -0.25) is 0 Å². The first-order chi connectivity index (χ1) is 23.3. The van der Waals surface area contributed by atoms with Gasteiger partial charge in [-0.05, 0) is 56.3 Å². The third kappa shape index (κ3) is 4.39. The molecule has 220 valence electrons. The zero-order valence-corrected chi connectivity index (χ0v) is 25.6. The van der Waals surface area contributed by atoms with Crippen molar-refractivity contribution in [1.29, 1.82) is 0 Å². The molecule has 0 fully saturated rings. The van der Waals surface area contributed by atoms with Gasteiger partial charge in [-0.15, -0.1) is 0 Å². The summed E-state index contributed by atoms with van der Waals surface area (Å²) in [4.78, 5) is 15.3. The van der Waals surface area contributed by atoms with Crippen LogP contribution in [0.4, 0.5) is 0 Å². The fraction of sp³-hybridized carbons (Fsp3) is 0.0227. The van der Waals surface area contributed by atoms with E-state index in [0.29, 0.717) is 17.5 Å². The molecular weight excluding hydrogens is 571 g/mol. The molecule has 0 saturated heterocycles. The van der Waals surface area contributed by atoms with Crippen molar-refractivity contribution in [2.45, 2.75) is 5.41 Å². The summed E-state index contributed by atoms with van der Waals surface area (Å²) in [6.07, 6.45) is 0. The van der Waals surface area contributed by atoms with Gasteiger partial charge in [0, 0.05) is 16.7 Å². The molecular formula is C44H29N3. The van der Waals surface area contributed by atoms with Crippen LogP contribution in [-0.4, -0.2) is 15.0 Å². The van der Waals surface area contributed by atoms with Crippen molar-refractivity contribution in [3.8, 4) is 45.3 Å². The maximum absolute atomic E-state index is 5.15. The molecule has 1 aliphatic rings. The third-order valence-corrected chi connectivity index (χ3v) is 9.39. The van der Waals surface area contributed by atoms with Crippen molar-refractivity contribution in [3.63, 3.8) is 0 Å². The largest absolute Gasteiger partial charge is 0.208 e. The summed E-state index contributed by atoms with van der Waals surface area (Å²) in [7, 11) is 0. The molecule has 0 bridgehead atoms. The number of fused-ring (bicyclic) bond motifs is 4. The van der Waals surface area contributed by atoms with Crippen LogP contribution in [0, 0.1) is 0 Å². The molecule has 0 amide bonds. The lowest BCUT2D eigenvalue weighted by atomic mass is 9.67. The highest BCUT2D eigenvalue weighted by atomic mass is 15.0. The van der Waals surface area contributed by atoms with Crippen LogP contribution >= 0.6 is 0 Å². The zero-order valence-electron chi connectivity index (χ0n) is 25.6. The molecule has 47 heavy (non-hydrogen) atoms. The molecule has 3 nitrogen and oxygen atoms in total. The molecule has 7 aromatic carbocycles. The molecule has 8 aromatic rings. The Morgan fingerprint density at radius 3 is 1.49 bits per heavy atom. The zero-order chi connectivity index (χ0) is 31.2. The van der Waals surface area contributed by atoms with Crippen LogP contribution in [0.15, 0.2) is 176 Å². The van der Waals surface area contributed by atoms with Gasteiger partial charge < -0.3 is 0 Å². The Balaban J connectivity index is 1.30. The maximum Gasteiger partial charge on any atom is 0.164 e. The highest BCUT2D eigenvalue weighted by molar-refractivity contribution is 5.89. The summed E-state index contributed by atoms with van der Waals surface area (Å²) < 4.78 is 0. The Hall–Kier alpha value is -6.19. The van der Waals surface area contributed by atoms with E-state index in [0.717, 1.165) is 22.1 Å². The second-order valence-corrected chi connectivity index (χ2v) is 12.0. The van der Waals surface area contributed by atoms with E-state index < -0.39 is 5.41 Å². The Morgan fingerprint density at radius 2 is 0.809 bits per heavy atom. The summed E-state index contributed by atoms with van der Waals surface area (Å²) in [5.41, 5.74) is 9.80. The minimum atomic E-state index is -0.499. The second-order valence-electron chi connectivity index (χ2n) is 12.0. The molecule has 0 atom stereocenters. The minimum Gasteiger partial charge on any atom is -0.208 e. The number of hydrogen-bond acceptors (Lipinski definition) is 3. The Labute approximate surface area is 273 Å². The molecule has 3 heteroatoms. The molecule has 9 rings (SSSR count). The fourth-order valence-corrected chi connectivity index (χ4v) is 7.26. The van der Waals surface area contributed by atoms with E-state index in [9.17, 15) is 0 Å². The molecule has 0 spiro atoms. The standard InChI is InChI=1S/C44H29N3/c1-4-15-31(16-5-1)41-45-42(33-25-24-30-14-10-11-17-32(30)28-33)47-43(46-41)34-26-27-38-37-22-12-13-23-39(37)44(40(38)29-34,35-18-6-2-7-19-35)36-20-8-3-9-21-36/h1-29H. The van der Waals surface area contributed by atoms with Crippen LogP contribution in [0.2, 0.25) is 0 Å². The van der Waals surface area contributed by atoms with Crippen molar-refractivity contribution < 1.29 is 0 Å². The van der Waals surface area contributed by atoms with Gasteiger partial charge in [0.15, 0.2) is 17.5 Å². The average molecular weight is 600 g/mol. The van der Waals surface area contributed by atoms with Crippen LogP contribution in [0.1, 0.15) is 22.3 Å². The summed E-state index contributed by atoms with van der Waals surface area (Å²) in [5.74, 6) is 1.96. The first-order valence-corrected chi connectivity index (χ1v) is 16.0. The number of aromatic nitrogens is 3. The fourth-order valence-electron chi connectivity index (χ4n) is 7.26. The lowest BCUT2D eigenvalue weighted by Gasteiger charge is -2.34. The van der Waals surface area contributed by atoms with Crippen LogP contribution in [0.3, 0.4) is 0 Å². The van der Waals surface area contributed by atoms with Crippen LogP contribution < -0.4 is 0 Å². The quantitative estimate of drug-likeness (QED) is 0.198. The van der Waals surface area contributed by atoms with E-state index in [4.69, 9.17) is 15.0 Å². The van der Waals surface area contributed by atoms with E-state index in [1.807, 2.05) is 18.2 Å². The Morgan fingerprint density at radius 1 is 0.319 bits per heavy atom. The molecule has 0 radical (unpaired) electrons. The van der Waals surface area contributed by atoms with Crippen molar-refractivity contribution >= 4 is 10.8 Å². The van der Waals surface area contributed by atoms with E-state index in [-0.39, 0.29) is 0 Å². The molecule has 1 aliphatic carbocycles. The highest BCUT2D eigenvalue weighted by Gasteiger charge is 2.46. The molecule has 1 heterocycles. The predicted molar refractivity (Wildman–Crippen MR) is 191 cm³/mol. The molecule has 0 unspecified atom stereocenters. The maximum atomic E-state index is 5.15. The van der Waals surface area contributed by atoms with Crippen LogP contribution in [-0.2, 0) is 5.41 Å². The van der Waals surface area contributed by atoms with E-state index in [1.54, 1.807) is 0 Å². The Bertz CT molecular complexity index is 2360. The monoisotopic (exact) mass is 599 g/mol. The Kier molecular flexibility index (Phi) is 6.36. The predicted octanol–water partition coefficient (Wildman–Crippen LogP) is 10.4. The van der Waals surface area contributed by atoms with Gasteiger partial charge in [0.25, 0.3) is 0 Å². The second kappa shape index (κ2) is 11.0. The van der Waals surface area contributed by atoms with Gasteiger partial charge in [0.2, 0.25) is 0 Å². The van der Waals surface area contributed by atoms with Gasteiger partial charge in [-0.1, -0.05) is 164 Å². The van der Waals surface area contributed by atoms with Crippen LogP contribution in [0.5, 0.6) is 0 Å². The van der Waals surface area contributed by atoms with Gasteiger partial charge in [-0.25, -0.2) is 15.0 Å². The van der Waals surface area contributed by atoms with E-state index >= 15 is 0 Å². The molecule has 0 saturated carbocycles. The number of rotatable bonds is 5. The van der Waals surface area contributed by atoms with Gasteiger partial charge in [0.05, 0.1) is 5.41 Å². The topological polar surface area (TPSA) is 38.7 Å². The molecule has 0 N–H and O–H groups in total. The van der Waals surface area contributed by atoms with Crippen molar-refractivity contribution in [1.82, 2.24) is 15.0 Å². The summed E-state index contributed by atoms with van der Waals surface area (Å²) >= 11 is 0. The summed E-state index contributed by atoms with van der Waals surface area (Å²) in [6.45, 7) is 0.